The van der Waals surface area contributed by atoms with Crippen LogP contribution in [-0.2, 0) is 0 Å². The molecule has 0 aromatic heterocycles. The summed E-state index contributed by atoms with van der Waals surface area (Å²) in [5, 5.41) is 3.55. The lowest BCUT2D eigenvalue weighted by Gasteiger charge is -2.24. The van der Waals surface area contributed by atoms with Crippen LogP contribution in [0.15, 0.2) is 0 Å². The largest absolute Gasteiger partial charge is 0.313 e. The van der Waals surface area contributed by atoms with Crippen molar-refractivity contribution in [2.45, 2.75) is 45.1 Å². The number of hydrogen-bond acceptors (Lipinski definition) is 2. The third-order valence-electron chi connectivity index (χ3n) is 2.98. The number of unbranched alkanes of at least 4 members (excludes halogenated alkanes) is 1. The van der Waals surface area contributed by atoms with Crippen molar-refractivity contribution in [2.75, 3.05) is 26.2 Å². The van der Waals surface area contributed by atoms with Crippen LogP contribution in [0.2, 0.25) is 0 Å². The molecule has 0 spiro atoms. The topological polar surface area (TPSA) is 15.3 Å². The average Bonchev–Trinajstić information content (AvgIpc) is 2.71. The minimum Gasteiger partial charge on any atom is -0.313 e. The molecule has 0 radical (unpaired) electrons. The molecule has 0 aromatic rings. The second-order valence-corrected chi connectivity index (χ2v) is 4.40. The normalized spacial score (nSPS) is 20.7. The van der Waals surface area contributed by atoms with Gasteiger partial charge in [-0.2, -0.15) is 0 Å². The highest BCUT2D eigenvalue weighted by Crippen LogP contribution is 2.08. The van der Waals surface area contributed by atoms with Crippen LogP contribution in [0.25, 0.3) is 0 Å². The molecule has 1 rings (SSSR count). The predicted octanol–water partition coefficient (Wildman–Crippen LogP) is 1.86. The van der Waals surface area contributed by atoms with Crippen LogP contribution < -0.4 is 5.32 Å². The molecule has 1 fully saturated rings. The summed E-state index contributed by atoms with van der Waals surface area (Å²) in [4.78, 5) is 2.56. The predicted molar refractivity (Wildman–Crippen MR) is 65.8 cm³/mol. The molecule has 0 bridgehead atoms. The van der Waals surface area contributed by atoms with Gasteiger partial charge in [-0.1, -0.05) is 6.92 Å². The second-order valence-electron chi connectivity index (χ2n) is 4.40. The van der Waals surface area contributed by atoms with E-state index in [2.05, 4.69) is 23.1 Å². The summed E-state index contributed by atoms with van der Waals surface area (Å²) in [6.07, 6.45) is 11.3. The van der Waals surface area contributed by atoms with Gasteiger partial charge in [-0.15, -0.1) is 12.3 Å². The summed E-state index contributed by atoms with van der Waals surface area (Å²) in [6.45, 7) is 7.03. The molecule has 1 saturated heterocycles. The van der Waals surface area contributed by atoms with Gasteiger partial charge in [0.2, 0.25) is 0 Å². The Labute approximate surface area is 94.4 Å². The summed E-state index contributed by atoms with van der Waals surface area (Å²) in [6, 6.07) is 0.724. The molecule has 2 nitrogen and oxygen atoms in total. The van der Waals surface area contributed by atoms with Gasteiger partial charge in [-0.05, 0) is 45.3 Å². The van der Waals surface area contributed by atoms with Gasteiger partial charge in [-0.3, -0.25) is 0 Å². The summed E-state index contributed by atoms with van der Waals surface area (Å²) < 4.78 is 0. The number of rotatable bonds is 7. The zero-order valence-corrected chi connectivity index (χ0v) is 9.97. The van der Waals surface area contributed by atoms with Gasteiger partial charge in [0.05, 0.1) is 0 Å². The van der Waals surface area contributed by atoms with E-state index >= 15 is 0 Å². The Bertz CT molecular complexity index is 189. The van der Waals surface area contributed by atoms with Gasteiger partial charge in [0.25, 0.3) is 0 Å². The molecule has 2 heteroatoms. The van der Waals surface area contributed by atoms with Crippen molar-refractivity contribution < 1.29 is 0 Å². The first-order chi connectivity index (χ1) is 7.36. The van der Waals surface area contributed by atoms with Crippen LogP contribution >= 0.6 is 0 Å². The minimum absolute atomic E-state index is 0.724. The first kappa shape index (κ1) is 12.5. The van der Waals surface area contributed by atoms with E-state index in [1.807, 2.05) is 0 Å². The molecule has 1 heterocycles. The van der Waals surface area contributed by atoms with E-state index in [4.69, 9.17) is 6.42 Å². The summed E-state index contributed by atoms with van der Waals surface area (Å²) >= 11 is 0. The van der Waals surface area contributed by atoms with Crippen molar-refractivity contribution in [2.24, 2.45) is 0 Å². The van der Waals surface area contributed by atoms with Crippen LogP contribution in [0.5, 0.6) is 0 Å². The molecular formula is C13H24N2. The zero-order valence-electron chi connectivity index (χ0n) is 9.97. The van der Waals surface area contributed by atoms with Crippen molar-refractivity contribution in [3.63, 3.8) is 0 Å². The maximum Gasteiger partial charge on any atom is 0.0195 e. The maximum absolute atomic E-state index is 5.27. The maximum atomic E-state index is 5.27. The van der Waals surface area contributed by atoms with Crippen molar-refractivity contribution in [1.29, 1.82) is 0 Å². The third-order valence-corrected chi connectivity index (χ3v) is 2.98. The van der Waals surface area contributed by atoms with Crippen LogP contribution in [0.3, 0.4) is 0 Å². The van der Waals surface area contributed by atoms with E-state index in [-0.39, 0.29) is 0 Å². The van der Waals surface area contributed by atoms with Crippen LogP contribution in [0.4, 0.5) is 0 Å². The Morgan fingerprint density at radius 2 is 2.33 bits per heavy atom. The Morgan fingerprint density at radius 3 is 2.93 bits per heavy atom. The summed E-state index contributed by atoms with van der Waals surface area (Å²) in [7, 11) is 0. The van der Waals surface area contributed by atoms with Crippen molar-refractivity contribution in [3.8, 4) is 12.3 Å². The van der Waals surface area contributed by atoms with Gasteiger partial charge < -0.3 is 10.2 Å². The smallest absolute Gasteiger partial charge is 0.0195 e. The van der Waals surface area contributed by atoms with E-state index in [0.29, 0.717) is 0 Å². The fourth-order valence-electron chi connectivity index (χ4n) is 2.24. The SMILES string of the molecule is C#CCCCN(CCC)CC1CCCN1. The molecule has 0 aromatic carbocycles. The first-order valence-corrected chi connectivity index (χ1v) is 6.26. The van der Waals surface area contributed by atoms with Crippen LogP contribution in [0, 0.1) is 12.3 Å². The molecular weight excluding hydrogens is 184 g/mol. The highest BCUT2D eigenvalue weighted by molar-refractivity contribution is 4.84. The Kier molecular flexibility index (Phi) is 6.47. The van der Waals surface area contributed by atoms with Gasteiger partial charge in [0.15, 0.2) is 0 Å². The Hall–Kier alpha value is -0.520. The Morgan fingerprint density at radius 1 is 1.47 bits per heavy atom. The van der Waals surface area contributed by atoms with E-state index in [1.165, 1.54) is 38.9 Å². The molecule has 1 aliphatic rings. The fourth-order valence-corrected chi connectivity index (χ4v) is 2.24. The standard InChI is InChI=1S/C13H24N2/c1-3-5-6-11-15(10-4-2)12-13-8-7-9-14-13/h1,13-14H,4-12H2,2H3. The summed E-state index contributed by atoms with van der Waals surface area (Å²) in [5.74, 6) is 2.72. The fraction of sp³-hybridized carbons (Fsp3) is 0.846. The molecule has 1 N–H and O–H groups in total. The van der Waals surface area contributed by atoms with Crippen LogP contribution in [0.1, 0.15) is 39.0 Å². The quantitative estimate of drug-likeness (QED) is 0.507. The lowest BCUT2D eigenvalue weighted by Crippen LogP contribution is -2.38. The second kappa shape index (κ2) is 7.73. The van der Waals surface area contributed by atoms with E-state index in [0.717, 1.165) is 25.4 Å². The highest BCUT2D eigenvalue weighted by Gasteiger charge is 2.16. The monoisotopic (exact) mass is 208 g/mol. The number of nitrogens with zero attached hydrogens (tertiary/aromatic N) is 1. The lowest BCUT2D eigenvalue weighted by atomic mass is 10.2. The van der Waals surface area contributed by atoms with Crippen molar-refractivity contribution in [1.82, 2.24) is 10.2 Å². The van der Waals surface area contributed by atoms with E-state index < -0.39 is 0 Å². The van der Waals surface area contributed by atoms with Gasteiger partial charge in [-0.25, -0.2) is 0 Å². The highest BCUT2D eigenvalue weighted by atomic mass is 15.1. The molecule has 0 aliphatic carbocycles. The number of terminal acetylenes is 1. The van der Waals surface area contributed by atoms with E-state index in [9.17, 15) is 0 Å². The third kappa shape index (κ3) is 5.20. The molecule has 1 aliphatic heterocycles. The Balaban J connectivity index is 2.19. The number of hydrogen-bond donors (Lipinski definition) is 1. The van der Waals surface area contributed by atoms with Crippen molar-refractivity contribution in [3.05, 3.63) is 0 Å². The van der Waals surface area contributed by atoms with E-state index in [1.54, 1.807) is 0 Å². The van der Waals surface area contributed by atoms with Gasteiger partial charge >= 0.3 is 0 Å². The molecule has 1 unspecified atom stereocenters. The van der Waals surface area contributed by atoms with Gasteiger partial charge in [0, 0.05) is 19.0 Å². The van der Waals surface area contributed by atoms with Crippen molar-refractivity contribution >= 4 is 0 Å². The average molecular weight is 208 g/mol. The molecule has 0 amide bonds. The zero-order chi connectivity index (χ0) is 10.9. The molecule has 1 atom stereocenters. The van der Waals surface area contributed by atoms with Gasteiger partial charge in [0.1, 0.15) is 0 Å². The minimum atomic E-state index is 0.724. The first-order valence-electron chi connectivity index (χ1n) is 6.26. The lowest BCUT2D eigenvalue weighted by molar-refractivity contribution is 0.248. The molecule has 15 heavy (non-hydrogen) atoms. The summed E-state index contributed by atoms with van der Waals surface area (Å²) in [5.41, 5.74) is 0. The van der Waals surface area contributed by atoms with Crippen LogP contribution in [-0.4, -0.2) is 37.1 Å². The molecule has 0 saturated carbocycles. The number of nitrogens with one attached hydrogen (secondary N) is 1. The molecule has 86 valence electrons.